The van der Waals surface area contributed by atoms with E-state index in [2.05, 4.69) is 11.0 Å². The van der Waals surface area contributed by atoms with E-state index < -0.39 is 0 Å². The number of nitriles is 1. The third-order valence-corrected chi connectivity index (χ3v) is 3.56. The maximum absolute atomic E-state index is 11.8. The number of rotatable bonds is 3. The number of piperidine rings is 1. The molecular formula is C15H18N2O2. The van der Waals surface area contributed by atoms with Gasteiger partial charge in [0, 0.05) is 6.54 Å². The summed E-state index contributed by atoms with van der Waals surface area (Å²) in [5, 5.41) is 8.78. The molecule has 1 aromatic rings. The number of nitrogens with zero attached hydrogens (tertiary/aromatic N) is 2. The first-order valence-electron chi connectivity index (χ1n) is 6.55. The Morgan fingerprint density at radius 2 is 2.16 bits per heavy atom. The summed E-state index contributed by atoms with van der Waals surface area (Å²) < 4.78 is 4.87. The maximum atomic E-state index is 11.8. The molecule has 1 heterocycles. The molecule has 0 N–H and O–H groups in total. The lowest BCUT2D eigenvalue weighted by atomic mass is 10.0. The summed E-state index contributed by atoms with van der Waals surface area (Å²) >= 11 is 0. The number of hydrogen-bond donors (Lipinski definition) is 0. The second-order valence-corrected chi connectivity index (χ2v) is 4.81. The SMILES string of the molecule is COC(=O)[C@H]1CCCCN1Cc1ccc(C#N)cc1. The van der Waals surface area contributed by atoms with Crippen LogP contribution in [-0.4, -0.2) is 30.6 Å². The highest BCUT2D eigenvalue weighted by molar-refractivity contribution is 5.75. The van der Waals surface area contributed by atoms with Gasteiger partial charge >= 0.3 is 5.97 Å². The maximum Gasteiger partial charge on any atom is 0.323 e. The third kappa shape index (κ3) is 3.33. The van der Waals surface area contributed by atoms with Crippen LogP contribution in [0.5, 0.6) is 0 Å². The molecule has 0 saturated carbocycles. The van der Waals surface area contributed by atoms with Crippen molar-refractivity contribution in [2.24, 2.45) is 0 Å². The molecule has 1 aliphatic heterocycles. The minimum absolute atomic E-state index is 0.130. The number of carbonyl (C=O) groups excluding carboxylic acids is 1. The zero-order valence-corrected chi connectivity index (χ0v) is 11.1. The lowest BCUT2D eigenvalue weighted by Gasteiger charge is -2.33. The minimum Gasteiger partial charge on any atom is -0.468 e. The Kier molecular flexibility index (Phi) is 4.53. The quantitative estimate of drug-likeness (QED) is 0.779. The van der Waals surface area contributed by atoms with E-state index in [1.54, 1.807) is 0 Å². The molecule has 1 aliphatic rings. The molecule has 0 amide bonds. The van der Waals surface area contributed by atoms with E-state index in [4.69, 9.17) is 10.00 Å². The Hall–Kier alpha value is -1.86. The molecule has 0 spiro atoms. The van der Waals surface area contributed by atoms with Gasteiger partial charge in [-0.25, -0.2) is 0 Å². The summed E-state index contributed by atoms with van der Waals surface area (Å²) in [5.41, 5.74) is 1.78. The van der Waals surface area contributed by atoms with Gasteiger partial charge in [-0.2, -0.15) is 5.26 Å². The van der Waals surface area contributed by atoms with Crippen LogP contribution < -0.4 is 0 Å². The van der Waals surface area contributed by atoms with Crippen molar-refractivity contribution >= 4 is 5.97 Å². The van der Waals surface area contributed by atoms with Gasteiger partial charge in [0.2, 0.25) is 0 Å². The van der Waals surface area contributed by atoms with Crippen LogP contribution in [-0.2, 0) is 16.1 Å². The van der Waals surface area contributed by atoms with Gasteiger partial charge in [0.05, 0.1) is 18.7 Å². The van der Waals surface area contributed by atoms with Crippen LogP contribution in [0.4, 0.5) is 0 Å². The van der Waals surface area contributed by atoms with E-state index in [0.717, 1.165) is 37.9 Å². The van der Waals surface area contributed by atoms with Gasteiger partial charge < -0.3 is 4.74 Å². The molecule has 1 fully saturated rings. The molecule has 1 aromatic carbocycles. The molecule has 0 aliphatic carbocycles. The Balaban J connectivity index is 2.06. The van der Waals surface area contributed by atoms with Gasteiger partial charge in [-0.1, -0.05) is 18.6 Å². The van der Waals surface area contributed by atoms with Gasteiger partial charge in [-0.3, -0.25) is 9.69 Å². The topological polar surface area (TPSA) is 53.3 Å². The molecule has 0 unspecified atom stereocenters. The Labute approximate surface area is 113 Å². The molecule has 4 nitrogen and oxygen atoms in total. The van der Waals surface area contributed by atoms with Crippen LogP contribution in [0.25, 0.3) is 0 Å². The molecule has 0 radical (unpaired) electrons. The number of benzene rings is 1. The van der Waals surface area contributed by atoms with Crippen LogP contribution in [0.15, 0.2) is 24.3 Å². The van der Waals surface area contributed by atoms with Crippen molar-refractivity contribution in [2.75, 3.05) is 13.7 Å². The van der Waals surface area contributed by atoms with Crippen molar-refractivity contribution in [3.63, 3.8) is 0 Å². The fourth-order valence-corrected chi connectivity index (χ4v) is 2.50. The highest BCUT2D eigenvalue weighted by Gasteiger charge is 2.29. The first-order chi connectivity index (χ1) is 9.24. The molecule has 2 rings (SSSR count). The predicted molar refractivity (Wildman–Crippen MR) is 71.2 cm³/mol. The van der Waals surface area contributed by atoms with Crippen molar-refractivity contribution in [2.45, 2.75) is 31.8 Å². The number of carbonyl (C=O) groups is 1. The van der Waals surface area contributed by atoms with Gasteiger partial charge in [0.25, 0.3) is 0 Å². The summed E-state index contributed by atoms with van der Waals surface area (Å²) in [7, 11) is 1.44. The second-order valence-electron chi connectivity index (χ2n) is 4.81. The normalized spacial score (nSPS) is 19.7. The lowest BCUT2D eigenvalue weighted by Crippen LogP contribution is -2.44. The predicted octanol–water partition coefficient (Wildman–Crippen LogP) is 2.09. The zero-order valence-electron chi connectivity index (χ0n) is 11.1. The van der Waals surface area contributed by atoms with Crippen molar-refractivity contribution < 1.29 is 9.53 Å². The average Bonchev–Trinajstić information content (AvgIpc) is 2.48. The highest BCUT2D eigenvalue weighted by Crippen LogP contribution is 2.20. The third-order valence-electron chi connectivity index (χ3n) is 3.56. The van der Waals surface area contributed by atoms with Gasteiger partial charge in [0.15, 0.2) is 0 Å². The van der Waals surface area contributed by atoms with Crippen LogP contribution in [0.3, 0.4) is 0 Å². The second kappa shape index (κ2) is 6.35. The number of esters is 1. The first-order valence-corrected chi connectivity index (χ1v) is 6.55. The molecule has 100 valence electrons. The van der Waals surface area contributed by atoms with E-state index in [-0.39, 0.29) is 12.0 Å². The molecule has 0 aromatic heterocycles. The van der Waals surface area contributed by atoms with E-state index in [0.29, 0.717) is 5.56 Å². The number of ether oxygens (including phenoxy) is 1. The summed E-state index contributed by atoms with van der Waals surface area (Å²) in [6.07, 6.45) is 3.05. The zero-order chi connectivity index (χ0) is 13.7. The molecule has 4 heteroatoms. The summed E-state index contributed by atoms with van der Waals surface area (Å²) in [6, 6.07) is 9.49. The van der Waals surface area contributed by atoms with Crippen molar-refractivity contribution in [3.8, 4) is 6.07 Å². The minimum atomic E-state index is -0.145. The number of likely N-dealkylation sites (tertiary alicyclic amines) is 1. The van der Waals surface area contributed by atoms with Crippen LogP contribution in [0.2, 0.25) is 0 Å². The molecule has 0 bridgehead atoms. The molecule has 19 heavy (non-hydrogen) atoms. The lowest BCUT2D eigenvalue weighted by molar-refractivity contribution is -0.148. The highest BCUT2D eigenvalue weighted by atomic mass is 16.5. The summed E-state index contributed by atoms with van der Waals surface area (Å²) in [5.74, 6) is -0.145. The van der Waals surface area contributed by atoms with Crippen molar-refractivity contribution in [3.05, 3.63) is 35.4 Å². The van der Waals surface area contributed by atoms with E-state index >= 15 is 0 Å². The van der Waals surface area contributed by atoms with Crippen LogP contribution >= 0.6 is 0 Å². The molecular weight excluding hydrogens is 240 g/mol. The number of methoxy groups -OCH3 is 1. The van der Waals surface area contributed by atoms with Gasteiger partial charge in [-0.05, 0) is 37.1 Å². The standard InChI is InChI=1S/C15H18N2O2/c1-19-15(18)14-4-2-3-9-17(14)11-13-7-5-12(10-16)6-8-13/h5-8,14H,2-4,9,11H2,1H3/t14-/m1/s1. The smallest absolute Gasteiger partial charge is 0.323 e. The van der Waals surface area contributed by atoms with Crippen molar-refractivity contribution in [1.82, 2.24) is 4.90 Å². The fourth-order valence-electron chi connectivity index (χ4n) is 2.50. The Morgan fingerprint density at radius 1 is 1.42 bits per heavy atom. The Bertz CT molecular complexity index is 476. The van der Waals surface area contributed by atoms with Gasteiger partial charge in [-0.15, -0.1) is 0 Å². The van der Waals surface area contributed by atoms with Crippen LogP contribution in [0, 0.1) is 11.3 Å². The summed E-state index contributed by atoms with van der Waals surface area (Å²) in [6.45, 7) is 1.64. The monoisotopic (exact) mass is 258 g/mol. The largest absolute Gasteiger partial charge is 0.468 e. The van der Waals surface area contributed by atoms with E-state index in [1.165, 1.54) is 7.11 Å². The van der Waals surface area contributed by atoms with E-state index in [1.807, 2.05) is 24.3 Å². The first kappa shape index (κ1) is 13.6. The van der Waals surface area contributed by atoms with Gasteiger partial charge in [0.1, 0.15) is 6.04 Å². The van der Waals surface area contributed by atoms with Crippen molar-refractivity contribution in [1.29, 1.82) is 5.26 Å². The molecule has 1 atom stereocenters. The molecule has 1 saturated heterocycles. The average molecular weight is 258 g/mol. The summed E-state index contributed by atoms with van der Waals surface area (Å²) in [4.78, 5) is 13.9. The Morgan fingerprint density at radius 3 is 2.79 bits per heavy atom. The fraction of sp³-hybridized carbons (Fsp3) is 0.467. The van der Waals surface area contributed by atoms with Crippen LogP contribution in [0.1, 0.15) is 30.4 Å². The van der Waals surface area contributed by atoms with E-state index in [9.17, 15) is 4.79 Å². The number of hydrogen-bond acceptors (Lipinski definition) is 4.